The maximum atomic E-state index is 11.5. The van der Waals surface area contributed by atoms with Gasteiger partial charge in [0.2, 0.25) is 5.91 Å². The van der Waals surface area contributed by atoms with Crippen LogP contribution in [-0.2, 0) is 4.79 Å². The van der Waals surface area contributed by atoms with Crippen LogP contribution in [-0.4, -0.2) is 35.1 Å². The van der Waals surface area contributed by atoms with E-state index < -0.39 is 0 Å². The number of aryl methyl sites for hydroxylation is 1. The average Bonchev–Trinajstić information content (AvgIpc) is 3.03. The molecule has 0 unspecified atom stereocenters. The molecule has 1 amide bonds. The Balaban J connectivity index is 2.12. The van der Waals surface area contributed by atoms with Crippen LogP contribution in [0.2, 0.25) is 0 Å². The molecule has 0 radical (unpaired) electrons. The molecule has 2 aromatic heterocycles. The van der Waals surface area contributed by atoms with Gasteiger partial charge in [0.05, 0.1) is 31.2 Å². The maximum Gasteiger partial charge on any atom is 0.221 e. The third kappa shape index (κ3) is 3.37. The highest BCUT2D eigenvalue weighted by Crippen LogP contribution is 2.38. The van der Waals surface area contributed by atoms with Gasteiger partial charge in [0, 0.05) is 36.6 Å². The summed E-state index contributed by atoms with van der Waals surface area (Å²) in [6.45, 7) is 3.39. The molecule has 2 N–H and O–H groups in total. The Bertz CT molecular complexity index is 935. The minimum Gasteiger partial charge on any atom is -0.496 e. The molecule has 2 heterocycles. The Labute approximate surface area is 151 Å². The number of nitrogens with zero attached hydrogens (tertiary/aromatic N) is 2. The van der Waals surface area contributed by atoms with Crippen LogP contribution in [0.1, 0.15) is 12.6 Å². The number of H-pyrrole nitrogens is 1. The van der Waals surface area contributed by atoms with Gasteiger partial charge in [-0.2, -0.15) is 0 Å². The second-order valence-electron chi connectivity index (χ2n) is 5.73. The van der Waals surface area contributed by atoms with E-state index in [4.69, 9.17) is 14.5 Å². The van der Waals surface area contributed by atoms with E-state index in [9.17, 15) is 4.79 Å². The fraction of sp³-hybridized carbons (Fsp3) is 0.211. The molecule has 3 aromatic rings. The van der Waals surface area contributed by atoms with Crippen molar-refractivity contribution in [2.45, 2.75) is 13.8 Å². The van der Waals surface area contributed by atoms with E-state index in [2.05, 4.69) is 15.3 Å². The molecular weight excluding hydrogens is 332 g/mol. The Morgan fingerprint density at radius 1 is 1.19 bits per heavy atom. The number of ether oxygens (including phenoxy) is 2. The van der Waals surface area contributed by atoms with Crippen molar-refractivity contribution in [1.29, 1.82) is 0 Å². The number of hydrogen-bond acceptors (Lipinski definition) is 5. The summed E-state index contributed by atoms with van der Waals surface area (Å²) in [6.07, 6.45) is 3.49. The van der Waals surface area contributed by atoms with E-state index in [1.165, 1.54) is 14.0 Å². The first kappa shape index (κ1) is 17.5. The summed E-state index contributed by atoms with van der Waals surface area (Å²) in [5.41, 5.74) is 3.91. The lowest BCUT2D eigenvalue weighted by atomic mass is 10.1. The van der Waals surface area contributed by atoms with Crippen molar-refractivity contribution >= 4 is 11.6 Å². The number of carbonyl (C=O) groups is 1. The number of pyridine rings is 1. The summed E-state index contributed by atoms with van der Waals surface area (Å²) in [6, 6.07) is 7.33. The lowest BCUT2D eigenvalue weighted by Gasteiger charge is -2.14. The van der Waals surface area contributed by atoms with Crippen LogP contribution in [0, 0.1) is 6.92 Å². The molecule has 3 rings (SSSR count). The summed E-state index contributed by atoms with van der Waals surface area (Å²) in [4.78, 5) is 23.6. The van der Waals surface area contributed by atoms with Gasteiger partial charge in [0.25, 0.3) is 0 Å². The molecule has 7 nitrogen and oxygen atoms in total. The number of methoxy groups -OCH3 is 2. The van der Waals surface area contributed by atoms with Crippen LogP contribution in [0.4, 0.5) is 5.69 Å². The van der Waals surface area contributed by atoms with Crippen molar-refractivity contribution in [3.05, 3.63) is 42.4 Å². The normalized spacial score (nSPS) is 10.5. The number of hydrogen-bond donors (Lipinski definition) is 2. The zero-order valence-electron chi connectivity index (χ0n) is 15.1. The van der Waals surface area contributed by atoms with Crippen molar-refractivity contribution in [3.63, 3.8) is 0 Å². The Morgan fingerprint density at radius 3 is 2.58 bits per heavy atom. The van der Waals surface area contributed by atoms with Crippen LogP contribution < -0.4 is 14.8 Å². The summed E-state index contributed by atoms with van der Waals surface area (Å²) in [5.74, 6) is 1.54. The van der Waals surface area contributed by atoms with Gasteiger partial charge in [-0.25, -0.2) is 4.98 Å². The molecule has 0 spiro atoms. The van der Waals surface area contributed by atoms with E-state index in [0.29, 0.717) is 23.0 Å². The van der Waals surface area contributed by atoms with Gasteiger partial charge < -0.3 is 19.8 Å². The first-order chi connectivity index (χ1) is 12.5. The van der Waals surface area contributed by atoms with Crippen molar-refractivity contribution in [2.75, 3.05) is 19.5 Å². The van der Waals surface area contributed by atoms with Crippen molar-refractivity contribution < 1.29 is 14.3 Å². The van der Waals surface area contributed by atoms with Crippen molar-refractivity contribution in [2.24, 2.45) is 0 Å². The average molecular weight is 352 g/mol. The third-order valence-electron chi connectivity index (χ3n) is 3.91. The van der Waals surface area contributed by atoms with Crippen LogP contribution in [0.25, 0.3) is 22.6 Å². The summed E-state index contributed by atoms with van der Waals surface area (Å²) in [7, 11) is 3.12. The topological polar surface area (TPSA) is 89.1 Å². The van der Waals surface area contributed by atoms with E-state index in [1.54, 1.807) is 31.6 Å². The number of nitrogens with one attached hydrogen (secondary N) is 2. The van der Waals surface area contributed by atoms with Crippen molar-refractivity contribution in [3.8, 4) is 34.1 Å². The van der Waals surface area contributed by atoms with Gasteiger partial charge in [0.1, 0.15) is 17.3 Å². The first-order valence-electron chi connectivity index (χ1n) is 8.04. The Hall–Kier alpha value is -3.35. The number of benzene rings is 1. The SMILES string of the molecule is COc1cc(OC)c(-c2nc(-c3cccnc3)c(C)[nH]2)cc1NC(C)=O. The zero-order chi connectivity index (χ0) is 18.7. The quantitative estimate of drug-likeness (QED) is 0.734. The summed E-state index contributed by atoms with van der Waals surface area (Å²) in [5, 5.41) is 2.77. The van der Waals surface area contributed by atoms with Gasteiger partial charge in [-0.05, 0) is 25.1 Å². The highest BCUT2D eigenvalue weighted by Gasteiger charge is 2.18. The van der Waals surface area contributed by atoms with Crippen LogP contribution in [0.15, 0.2) is 36.7 Å². The number of carbonyl (C=O) groups excluding carboxylic acids is 1. The molecule has 26 heavy (non-hydrogen) atoms. The number of anilines is 1. The van der Waals surface area contributed by atoms with E-state index >= 15 is 0 Å². The highest BCUT2D eigenvalue weighted by molar-refractivity contribution is 5.92. The van der Waals surface area contributed by atoms with E-state index in [0.717, 1.165) is 22.5 Å². The van der Waals surface area contributed by atoms with Gasteiger partial charge in [-0.3, -0.25) is 9.78 Å². The molecule has 134 valence electrons. The molecule has 0 aliphatic carbocycles. The summed E-state index contributed by atoms with van der Waals surface area (Å²) < 4.78 is 10.8. The third-order valence-corrected chi connectivity index (χ3v) is 3.91. The zero-order valence-corrected chi connectivity index (χ0v) is 15.1. The Kier molecular flexibility index (Phi) is 4.88. The summed E-state index contributed by atoms with van der Waals surface area (Å²) >= 11 is 0. The largest absolute Gasteiger partial charge is 0.496 e. The van der Waals surface area contributed by atoms with Crippen LogP contribution in [0.3, 0.4) is 0 Å². The molecule has 0 saturated heterocycles. The molecule has 0 saturated carbocycles. The molecule has 0 bridgehead atoms. The standard InChI is InChI=1S/C19H20N4O3/c1-11-18(13-6-5-7-20-10-13)23-19(21-11)14-8-15(22-12(2)24)17(26-4)9-16(14)25-3/h5-10H,1-4H3,(H,21,23)(H,22,24). The smallest absolute Gasteiger partial charge is 0.221 e. The molecular formula is C19H20N4O3. The van der Waals surface area contributed by atoms with Crippen LogP contribution >= 0.6 is 0 Å². The molecule has 0 fully saturated rings. The number of rotatable bonds is 5. The maximum absolute atomic E-state index is 11.5. The lowest BCUT2D eigenvalue weighted by Crippen LogP contribution is -2.07. The fourth-order valence-electron chi connectivity index (χ4n) is 2.74. The Morgan fingerprint density at radius 2 is 1.96 bits per heavy atom. The molecule has 0 aliphatic rings. The number of amides is 1. The van der Waals surface area contributed by atoms with Crippen molar-refractivity contribution in [1.82, 2.24) is 15.0 Å². The second kappa shape index (κ2) is 7.26. The van der Waals surface area contributed by atoms with Gasteiger partial charge in [-0.15, -0.1) is 0 Å². The second-order valence-corrected chi connectivity index (χ2v) is 5.73. The van der Waals surface area contributed by atoms with Gasteiger partial charge in [0.15, 0.2) is 0 Å². The van der Waals surface area contributed by atoms with Gasteiger partial charge >= 0.3 is 0 Å². The first-order valence-corrected chi connectivity index (χ1v) is 8.04. The minimum atomic E-state index is -0.189. The highest BCUT2D eigenvalue weighted by atomic mass is 16.5. The molecule has 0 atom stereocenters. The minimum absolute atomic E-state index is 0.189. The molecule has 1 aromatic carbocycles. The monoisotopic (exact) mass is 352 g/mol. The predicted octanol–water partition coefficient (Wildman–Crippen LogP) is 3.42. The number of aromatic amines is 1. The lowest BCUT2D eigenvalue weighted by molar-refractivity contribution is -0.114. The number of imidazole rings is 1. The van der Waals surface area contributed by atoms with E-state index in [1.807, 2.05) is 19.1 Å². The molecule has 7 heteroatoms. The predicted molar refractivity (Wildman–Crippen MR) is 99.4 cm³/mol. The van der Waals surface area contributed by atoms with E-state index in [-0.39, 0.29) is 5.91 Å². The van der Waals surface area contributed by atoms with Gasteiger partial charge in [-0.1, -0.05) is 0 Å². The molecule has 0 aliphatic heterocycles. The number of aromatic nitrogens is 3. The fourth-order valence-corrected chi connectivity index (χ4v) is 2.74. The van der Waals surface area contributed by atoms with Crippen LogP contribution in [0.5, 0.6) is 11.5 Å².